The van der Waals surface area contributed by atoms with E-state index in [1.54, 1.807) is 6.92 Å². The second kappa shape index (κ2) is 13.0. The first kappa shape index (κ1) is 18.3. The lowest BCUT2D eigenvalue weighted by molar-refractivity contribution is -0.154. The molecule has 0 saturated heterocycles. The number of hydrogen-bond acceptors (Lipinski definition) is 4. The summed E-state index contributed by atoms with van der Waals surface area (Å²) in [6.07, 6.45) is 2.35. The summed E-state index contributed by atoms with van der Waals surface area (Å²) in [4.78, 5) is 21.7. The third-order valence-corrected chi connectivity index (χ3v) is 1.67. The molecule has 0 heterocycles. The Balaban J connectivity index is 0. The molecule has 0 aromatic rings. The van der Waals surface area contributed by atoms with Gasteiger partial charge in [-0.05, 0) is 12.8 Å². The first-order valence-electron chi connectivity index (χ1n) is 6.29. The van der Waals surface area contributed by atoms with Crippen molar-refractivity contribution in [1.29, 1.82) is 0 Å². The van der Waals surface area contributed by atoms with E-state index in [1.807, 2.05) is 13.8 Å². The molecule has 0 fully saturated rings. The van der Waals surface area contributed by atoms with Crippen LogP contribution in [0.25, 0.3) is 0 Å². The Hall–Kier alpha value is -1.06. The van der Waals surface area contributed by atoms with E-state index in [9.17, 15) is 9.59 Å². The summed E-state index contributed by atoms with van der Waals surface area (Å²) in [5, 5.41) is 0. The molecule has 0 atom stereocenters. The first-order chi connectivity index (χ1) is 7.97. The van der Waals surface area contributed by atoms with E-state index in [4.69, 9.17) is 4.74 Å². The minimum atomic E-state index is -0.531. The van der Waals surface area contributed by atoms with Crippen molar-refractivity contribution in [2.75, 3.05) is 13.2 Å². The van der Waals surface area contributed by atoms with E-state index in [2.05, 4.69) is 18.6 Å². The highest BCUT2D eigenvalue weighted by molar-refractivity contribution is 5.91. The SMILES string of the molecule is CCCC.CCOC(=O)CC(=O)OCC(C)C. The maximum Gasteiger partial charge on any atom is 0.317 e. The van der Waals surface area contributed by atoms with Crippen LogP contribution in [0.4, 0.5) is 0 Å². The lowest BCUT2D eigenvalue weighted by atomic mass is 10.2. The topological polar surface area (TPSA) is 52.6 Å². The molecule has 0 saturated carbocycles. The van der Waals surface area contributed by atoms with Crippen molar-refractivity contribution >= 4 is 11.9 Å². The monoisotopic (exact) mass is 246 g/mol. The highest BCUT2D eigenvalue weighted by atomic mass is 16.6. The molecule has 0 N–H and O–H groups in total. The zero-order valence-electron chi connectivity index (χ0n) is 11.7. The van der Waals surface area contributed by atoms with Crippen LogP contribution < -0.4 is 0 Å². The van der Waals surface area contributed by atoms with Crippen LogP contribution in [0.5, 0.6) is 0 Å². The van der Waals surface area contributed by atoms with Crippen LogP contribution in [0.15, 0.2) is 0 Å². The van der Waals surface area contributed by atoms with E-state index in [0.717, 1.165) is 0 Å². The maximum atomic E-state index is 10.9. The molecule has 0 rings (SSSR count). The van der Waals surface area contributed by atoms with Crippen LogP contribution in [0, 0.1) is 5.92 Å². The van der Waals surface area contributed by atoms with Gasteiger partial charge in [0.15, 0.2) is 0 Å². The minimum Gasteiger partial charge on any atom is -0.466 e. The third-order valence-electron chi connectivity index (χ3n) is 1.67. The number of rotatable bonds is 6. The van der Waals surface area contributed by atoms with Crippen molar-refractivity contribution in [3.8, 4) is 0 Å². The fourth-order valence-corrected chi connectivity index (χ4v) is 0.641. The van der Waals surface area contributed by atoms with Gasteiger partial charge in [0.25, 0.3) is 0 Å². The predicted molar refractivity (Wildman–Crippen MR) is 67.6 cm³/mol. The average Bonchev–Trinajstić information content (AvgIpc) is 2.27. The number of hydrogen-bond donors (Lipinski definition) is 0. The Morgan fingerprint density at radius 2 is 1.41 bits per heavy atom. The molecule has 17 heavy (non-hydrogen) atoms. The first-order valence-corrected chi connectivity index (χ1v) is 6.29. The molecule has 0 aliphatic carbocycles. The predicted octanol–water partition coefficient (Wildman–Crippen LogP) is 2.95. The van der Waals surface area contributed by atoms with Gasteiger partial charge in [0.2, 0.25) is 0 Å². The second-order valence-corrected chi connectivity index (χ2v) is 4.06. The Morgan fingerprint density at radius 3 is 1.76 bits per heavy atom. The van der Waals surface area contributed by atoms with Crippen LogP contribution in [0.3, 0.4) is 0 Å². The molecule has 0 spiro atoms. The van der Waals surface area contributed by atoms with Crippen LogP contribution in [0.1, 0.15) is 53.9 Å². The molecule has 0 bridgehead atoms. The van der Waals surface area contributed by atoms with Gasteiger partial charge in [0.1, 0.15) is 6.42 Å². The van der Waals surface area contributed by atoms with Crippen molar-refractivity contribution in [2.45, 2.75) is 53.9 Å². The summed E-state index contributed by atoms with van der Waals surface area (Å²) in [6.45, 7) is 10.5. The number of ether oxygens (including phenoxy) is 2. The van der Waals surface area contributed by atoms with Crippen LogP contribution in [0.2, 0.25) is 0 Å². The minimum absolute atomic E-state index is 0.283. The van der Waals surface area contributed by atoms with Crippen molar-refractivity contribution in [3.05, 3.63) is 0 Å². The molecule has 0 amide bonds. The molecule has 0 radical (unpaired) electrons. The maximum absolute atomic E-state index is 10.9. The normalized spacial score (nSPS) is 9.29. The van der Waals surface area contributed by atoms with Gasteiger partial charge in [0, 0.05) is 0 Å². The fourth-order valence-electron chi connectivity index (χ4n) is 0.641. The molecular formula is C13H26O4. The Kier molecular flexibility index (Phi) is 14.0. The van der Waals surface area contributed by atoms with Gasteiger partial charge in [-0.3, -0.25) is 9.59 Å². The van der Waals surface area contributed by atoms with Crippen LogP contribution in [-0.4, -0.2) is 25.2 Å². The largest absolute Gasteiger partial charge is 0.466 e. The van der Waals surface area contributed by atoms with Crippen molar-refractivity contribution in [2.24, 2.45) is 5.92 Å². The van der Waals surface area contributed by atoms with E-state index in [1.165, 1.54) is 12.8 Å². The molecule has 0 aromatic carbocycles. The number of unbranched alkanes of at least 4 members (excludes halogenated alkanes) is 1. The van der Waals surface area contributed by atoms with Crippen molar-refractivity contribution in [1.82, 2.24) is 0 Å². The lowest BCUT2D eigenvalue weighted by Crippen LogP contribution is -2.15. The summed E-state index contributed by atoms with van der Waals surface area (Å²) in [5.74, 6) is -0.769. The highest BCUT2D eigenvalue weighted by Gasteiger charge is 2.11. The van der Waals surface area contributed by atoms with E-state index in [-0.39, 0.29) is 18.9 Å². The number of carbonyl (C=O) groups is 2. The van der Waals surface area contributed by atoms with E-state index >= 15 is 0 Å². The molecule has 4 nitrogen and oxygen atoms in total. The zero-order valence-corrected chi connectivity index (χ0v) is 11.7. The number of esters is 2. The molecule has 0 aromatic heterocycles. The molecule has 0 aliphatic heterocycles. The Morgan fingerprint density at radius 1 is 0.941 bits per heavy atom. The molecule has 4 heteroatoms. The van der Waals surface area contributed by atoms with Gasteiger partial charge < -0.3 is 9.47 Å². The van der Waals surface area contributed by atoms with Gasteiger partial charge in [-0.25, -0.2) is 0 Å². The van der Waals surface area contributed by atoms with Gasteiger partial charge >= 0.3 is 11.9 Å². The smallest absolute Gasteiger partial charge is 0.317 e. The highest BCUT2D eigenvalue weighted by Crippen LogP contribution is 1.96. The lowest BCUT2D eigenvalue weighted by Gasteiger charge is -2.06. The van der Waals surface area contributed by atoms with Gasteiger partial charge in [-0.1, -0.05) is 40.5 Å². The zero-order chi connectivity index (χ0) is 13.7. The second-order valence-electron chi connectivity index (χ2n) is 4.06. The summed E-state index contributed by atoms with van der Waals surface area (Å²) in [5.41, 5.74) is 0. The van der Waals surface area contributed by atoms with E-state index < -0.39 is 11.9 Å². The van der Waals surface area contributed by atoms with Gasteiger partial charge in [0.05, 0.1) is 13.2 Å². The summed E-state index contributed by atoms with van der Waals surface area (Å²) in [7, 11) is 0. The third kappa shape index (κ3) is 17.5. The molecule has 0 aliphatic rings. The summed E-state index contributed by atoms with van der Waals surface area (Å²) >= 11 is 0. The van der Waals surface area contributed by atoms with Gasteiger partial charge in [-0.15, -0.1) is 0 Å². The van der Waals surface area contributed by atoms with Crippen molar-refractivity contribution in [3.63, 3.8) is 0 Å². The van der Waals surface area contributed by atoms with Crippen molar-refractivity contribution < 1.29 is 19.1 Å². The van der Waals surface area contributed by atoms with Crippen LogP contribution in [-0.2, 0) is 19.1 Å². The molecular weight excluding hydrogens is 220 g/mol. The van der Waals surface area contributed by atoms with Crippen LogP contribution >= 0.6 is 0 Å². The van der Waals surface area contributed by atoms with E-state index in [0.29, 0.717) is 6.61 Å². The molecule has 102 valence electrons. The Bertz CT molecular complexity index is 198. The average molecular weight is 246 g/mol. The number of carbonyl (C=O) groups excluding carboxylic acids is 2. The fraction of sp³-hybridized carbons (Fsp3) is 0.846. The quantitative estimate of drug-likeness (QED) is 0.534. The Labute approximate surface area is 105 Å². The van der Waals surface area contributed by atoms with Gasteiger partial charge in [-0.2, -0.15) is 0 Å². The standard InChI is InChI=1S/C9H16O4.C4H10/c1-4-12-8(10)5-9(11)13-6-7(2)3;1-3-4-2/h7H,4-6H2,1-3H3;3-4H2,1-2H3. The summed E-state index contributed by atoms with van der Waals surface area (Å²) in [6, 6.07) is 0. The summed E-state index contributed by atoms with van der Waals surface area (Å²) < 4.78 is 9.36. The molecule has 0 unspecified atom stereocenters.